The third kappa shape index (κ3) is 2.88. The molecule has 0 aliphatic heterocycles. The van der Waals surface area contributed by atoms with Gasteiger partial charge in [0.1, 0.15) is 5.75 Å². The Morgan fingerprint density at radius 1 is 1.38 bits per heavy atom. The van der Waals surface area contributed by atoms with Gasteiger partial charge in [-0.05, 0) is 17.7 Å². The average Bonchev–Trinajstić information content (AvgIpc) is 2.25. The second-order valence-corrected chi connectivity index (χ2v) is 3.18. The highest BCUT2D eigenvalue weighted by Gasteiger charge is 2.15. The number of methoxy groups -OCH3 is 1. The molecule has 1 aromatic rings. The predicted molar refractivity (Wildman–Crippen MR) is 59.1 cm³/mol. The Labute approximate surface area is 92.6 Å². The first-order chi connectivity index (χ1) is 7.54. The Morgan fingerprint density at radius 3 is 2.31 bits per heavy atom. The zero-order valence-corrected chi connectivity index (χ0v) is 8.84. The molecule has 0 unspecified atom stereocenters. The van der Waals surface area contributed by atoms with Crippen LogP contribution in [0.3, 0.4) is 0 Å². The quantitative estimate of drug-likeness (QED) is 0.574. The first kappa shape index (κ1) is 11.8. The second kappa shape index (κ2) is 5.01. The van der Waals surface area contributed by atoms with Gasteiger partial charge in [0.2, 0.25) is 0 Å². The molecule has 0 atom stereocenters. The normalized spacial score (nSPS) is 9.56. The summed E-state index contributed by atoms with van der Waals surface area (Å²) in [5, 5.41) is 10.6. The zero-order valence-electron chi connectivity index (χ0n) is 8.84. The molecule has 0 fully saturated rings. The van der Waals surface area contributed by atoms with E-state index in [2.05, 4.69) is 0 Å². The van der Waals surface area contributed by atoms with Gasteiger partial charge in [0, 0.05) is 0 Å². The van der Waals surface area contributed by atoms with Gasteiger partial charge in [0.15, 0.2) is 5.82 Å². The van der Waals surface area contributed by atoms with E-state index in [1.165, 1.54) is 0 Å². The van der Waals surface area contributed by atoms with E-state index >= 15 is 0 Å². The molecule has 0 spiro atoms. The van der Waals surface area contributed by atoms with Crippen LogP contribution in [0.25, 0.3) is 0 Å². The maximum atomic E-state index is 10.6. The highest BCUT2D eigenvalue weighted by atomic mass is 16.6. The van der Waals surface area contributed by atoms with E-state index in [9.17, 15) is 10.1 Å². The van der Waals surface area contributed by atoms with Gasteiger partial charge in [-0.15, -0.1) is 0 Å². The number of nitrogens with two attached hydrogens (primary N) is 2. The number of rotatable bonds is 4. The topological polar surface area (TPSA) is 104 Å². The fourth-order valence-corrected chi connectivity index (χ4v) is 1.21. The summed E-state index contributed by atoms with van der Waals surface area (Å²) in [5.41, 5.74) is 11.0. The van der Waals surface area contributed by atoms with Crippen LogP contribution in [0.1, 0.15) is 5.56 Å². The van der Waals surface area contributed by atoms with Crippen molar-refractivity contribution in [1.82, 2.24) is 0 Å². The summed E-state index contributed by atoms with van der Waals surface area (Å²) in [4.78, 5) is 10.1. The van der Waals surface area contributed by atoms with E-state index in [1.54, 1.807) is 31.4 Å². The molecule has 0 radical (unpaired) electrons. The van der Waals surface area contributed by atoms with Crippen LogP contribution < -0.4 is 16.2 Å². The molecule has 0 amide bonds. The minimum atomic E-state index is -0.570. The average molecular weight is 223 g/mol. The molecule has 0 aliphatic carbocycles. The molecule has 6 nitrogen and oxygen atoms in total. The van der Waals surface area contributed by atoms with Crippen LogP contribution in [0.15, 0.2) is 35.8 Å². The molecular formula is C10H13N3O3. The standard InChI is InChI=1S/C10H13N3O3/c1-16-8-4-2-7(3-5-8)6-9(10(11)12)13(14)15/h2-5H,6,11-12H2,1H3. The number of allylic oxidation sites excluding steroid dienone is 1. The third-order valence-corrected chi connectivity index (χ3v) is 2.08. The molecule has 0 aromatic heterocycles. The van der Waals surface area contributed by atoms with Gasteiger partial charge in [-0.1, -0.05) is 12.1 Å². The van der Waals surface area contributed by atoms with Crippen LogP contribution in [0, 0.1) is 10.1 Å². The summed E-state index contributed by atoms with van der Waals surface area (Å²) < 4.78 is 4.97. The summed E-state index contributed by atoms with van der Waals surface area (Å²) in [7, 11) is 1.55. The van der Waals surface area contributed by atoms with Crippen LogP contribution in [0.4, 0.5) is 0 Å². The molecule has 0 saturated heterocycles. The van der Waals surface area contributed by atoms with E-state index in [0.717, 1.165) is 5.56 Å². The number of hydrogen-bond donors (Lipinski definition) is 2. The molecule has 0 aliphatic rings. The highest BCUT2D eigenvalue weighted by Crippen LogP contribution is 2.14. The Morgan fingerprint density at radius 2 is 1.94 bits per heavy atom. The maximum Gasteiger partial charge on any atom is 0.289 e. The van der Waals surface area contributed by atoms with Crippen LogP contribution in [-0.2, 0) is 6.42 Å². The minimum Gasteiger partial charge on any atom is -0.497 e. The van der Waals surface area contributed by atoms with E-state index in [0.29, 0.717) is 5.75 Å². The van der Waals surface area contributed by atoms with Crippen molar-refractivity contribution in [2.75, 3.05) is 7.11 Å². The lowest BCUT2D eigenvalue weighted by Gasteiger charge is -2.03. The smallest absolute Gasteiger partial charge is 0.289 e. The monoisotopic (exact) mass is 223 g/mol. The SMILES string of the molecule is COc1ccc(CC(=C(N)N)[N+](=O)[O-])cc1. The van der Waals surface area contributed by atoms with Gasteiger partial charge in [0.05, 0.1) is 18.5 Å². The largest absolute Gasteiger partial charge is 0.497 e. The molecular weight excluding hydrogens is 210 g/mol. The molecule has 16 heavy (non-hydrogen) atoms. The van der Waals surface area contributed by atoms with Crippen molar-refractivity contribution in [1.29, 1.82) is 0 Å². The van der Waals surface area contributed by atoms with Crippen molar-refractivity contribution in [3.05, 3.63) is 51.5 Å². The lowest BCUT2D eigenvalue weighted by atomic mass is 10.1. The summed E-state index contributed by atoms with van der Waals surface area (Å²) in [5.74, 6) is 0.428. The lowest BCUT2D eigenvalue weighted by Crippen LogP contribution is -2.18. The Hall–Kier alpha value is -2.24. The van der Waals surface area contributed by atoms with Crippen LogP contribution in [0.2, 0.25) is 0 Å². The maximum absolute atomic E-state index is 10.6. The molecule has 0 bridgehead atoms. The van der Waals surface area contributed by atoms with Crippen molar-refractivity contribution in [3.8, 4) is 5.75 Å². The number of ether oxygens (including phenoxy) is 1. The number of nitro groups is 1. The van der Waals surface area contributed by atoms with E-state index < -0.39 is 4.92 Å². The van der Waals surface area contributed by atoms with Crippen molar-refractivity contribution in [3.63, 3.8) is 0 Å². The minimum absolute atomic E-state index is 0.0966. The van der Waals surface area contributed by atoms with Gasteiger partial charge in [-0.2, -0.15) is 0 Å². The second-order valence-electron chi connectivity index (χ2n) is 3.18. The van der Waals surface area contributed by atoms with Crippen LogP contribution >= 0.6 is 0 Å². The third-order valence-electron chi connectivity index (χ3n) is 2.08. The van der Waals surface area contributed by atoms with Crippen LogP contribution in [0.5, 0.6) is 5.75 Å². The van der Waals surface area contributed by atoms with Crippen molar-refractivity contribution in [2.45, 2.75) is 6.42 Å². The van der Waals surface area contributed by atoms with E-state index in [-0.39, 0.29) is 17.9 Å². The van der Waals surface area contributed by atoms with Crippen molar-refractivity contribution < 1.29 is 9.66 Å². The van der Waals surface area contributed by atoms with E-state index in [1.807, 2.05) is 0 Å². The fraction of sp³-hybridized carbons (Fsp3) is 0.200. The molecule has 6 heteroatoms. The molecule has 1 rings (SSSR count). The van der Waals surface area contributed by atoms with Gasteiger partial charge >= 0.3 is 0 Å². The van der Waals surface area contributed by atoms with Crippen molar-refractivity contribution in [2.24, 2.45) is 11.5 Å². The number of nitrogens with zero attached hydrogens (tertiary/aromatic N) is 1. The molecule has 0 saturated carbocycles. The number of benzene rings is 1. The van der Waals surface area contributed by atoms with Crippen molar-refractivity contribution >= 4 is 0 Å². The summed E-state index contributed by atoms with van der Waals surface area (Å²) in [6, 6.07) is 6.90. The fourth-order valence-electron chi connectivity index (χ4n) is 1.21. The van der Waals surface area contributed by atoms with E-state index in [4.69, 9.17) is 16.2 Å². The molecule has 1 aromatic carbocycles. The summed E-state index contributed by atoms with van der Waals surface area (Å²) in [6.07, 6.45) is 0.0966. The Balaban J connectivity index is 2.87. The predicted octanol–water partition coefficient (Wildman–Crippen LogP) is 0.601. The Bertz CT molecular complexity index is 408. The van der Waals surface area contributed by atoms with Crippen LogP contribution in [-0.4, -0.2) is 12.0 Å². The Kier molecular flexibility index (Phi) is 3.71. The first-order valence-electron chi connectivity index (χ1n) is 4.56. The molecule has 86 valence electrons. The first-order valence-corrected chi connectivity index (χ1v) is 4.56. The van der Waals surface area contributed by atoms with Gasteiger partial charge in [0.25, 0.3) is 5.70 Å². The lowest BCUT2D eigenvalue weighted by molar-refractivity contribution is -0.428. The summed E-state index contributed by atoms with van der Waals surface area (Å²) in [6.45, 7) is 0. The van der Waals surface area contributed by atoms with Gasteiger partial charge < -0.3 is 16.2 Å². The summed E-state index contributed by atoms with van der Waals surface area (Å²) >= 11 is 0. The zero-order chi connectivity index (χ0) is 12.1. The van der Waals surface area contributed by atoms with Gasteiger partial charge in [-0.25, -0.2) is 0 Å². The molecule has 4 N–H and O–H groups in total. The molecule has 0 heterocycles. The highest BCUT2D eigenvalue weighted by molar-refractivity contribution is 5.29. The van der Waals surface area contributed by atoms with Gasteiger partial charge in [-0.3, -0.25) is 10.1 Å². The number of hydrogen-bond acceptors (Lipinski definition) is 5.